The van der Waals surface area contributed by atoms with E-state index in [1.807, 2.05) is 14.0 Å². The lowest BCUT2D eigenvalue weighted by molar-refractivity contribution is -0.140. The fraction of sp³-hybridized carbons (Fsp3) is 0.833. The summed E-state index contributed by atoms with van der Waals surface area (Å²) in [5, 5.41) is 13.9. The maximum Gasteiger partial charge on any atom is 0.328 e. The predicted molar refractivity (Wildman–Crippen MR) is 70.1 cm³/mol. The summed E-state index contributed by atoms with van der Waals surface area (Å²) in [5.41, 5.74) is 0. The van der Waals surface area contributed by atoms with Gasteiger partial charge in [-0.3, -0.25) is 4.90 Å². The maximum atomic E-state index is 11.6. The molecule has 1 aliphatic rings. The van der Waals surface area contributed by atoms with Crippen molar-refractivity contribution in [2.75, 3.05) is 27.3 Å². The van der Waals surface area contributed by atoms with Crippen LogP contribution < -0.4 is 10.6 Å². The molecule has 7 heteroatoms. The minimum Gasteiger partial charge on any atom is -0.480 e. The Hall–Kier alpha value is -1.34. The number of carbonyl (C=O) groups is 2. The number of likely N-dealkylation sites (N-methyl/N-ethyl adjacent to an activating group) is 1. The van der Waals surface area contributed by atoms with Gasteiger partial charge >= 0.3 is 12.0 Å². The SMILES string of the molecule is COCC(NC(=O)NCC(C)N(C)C1CC1)C(=O)O. The molecule has 7 nitrogen and oxygen atoms in total. The van der Waals surface area contributed by atoms with Crippen LogP contribution in [0.3, 0.4) is 0 Å². The van der Waals surface area contributed by atoms with Gasteiger partial charge in [-0.2, -0.15) is 0 Å². The molecule has 0 spiro atoms. The molecule has 2 amide bonds. The monoisotopic (exact) mass is 273 g/mol. The van der Waals surface area contributed by atoms with Gasteiger partial charge in [0.15, 0.2) is 6.04 Å². The van der Waals surface area contributed by atoms with Gasteiger partial charge in [-0.05, 0) is 26.8 Å². The molecule has 2 atom stereocenters. The van der Waals surface area contributed by atoms with E-state index in [9.17, 15) is 9.59 Å². The number of hydrogen-bond acceptors (Lipinski definition) is 4. The molecule has 0 aliphatic heterocycles. The number of nitrogens with zero attached hydrogens (tertiary/aromatic N) is 1. The molecule has 1 rings (SSSR count). The van der Waals surface area contributed by atoms with Gasteiger partial charge in [0.05, 0.1) is 6.61 Å². The van der Waals surface area contributed by atoms with Gasteiger partial charge in [-0.25, -0.2) is 9.59 Å². The molecular weight excluding hydrogens is 250 g/mol. The zero-order valence-corrected chi connectivity index (χ0v) is 11.7. The van der Waals surface area contributed by atoms with Crippen LogP contribution in [0.4, 0.5) is 4.79 Å². The number of amides is 2. The Labute approximate surface area is 113 Å². The molecular formula is C12H23N3O4. The molecule has 1 saturated carbocycles. The lowest BCUT2D eigenvalue weighted by Gasteiger charge is -2.25. The Bertz CT molecular complexity index is 320. The summed E-state index contributed by atoms with van der Waals surface area (Å²) in [6.45, 7) is 2.46. The number of carboxylic acids is 1. The van der Waals surface area contributed by atoms with E-state index in [1.165, 1.54) is 20.0 Å². The molecule has 0 aromatic heterocycles. The molecule has 0 saturated heterocycles. The Morgan fingerprint density at radius 2 is 2.11 bits per heavy atom. The second-order valence-corrected chi connectivity index (χ2v) is 4.95. The normalized spacial score (nSPS) is 17.9. The second-order valence-electron chi connectivity index (χ2n) is 4.95. The summed E-state index contributed by atoms with van der Waals surface area (Å²) in [4.78, 5) is 24.7. The van der Waals surface area contributed by atoms with Crippen LogP contribution in [0, 0.1) is 0 Å². The van der Waals surface area contributed by atoms with Gasteiger partial charge in [-0.15, -0.1) is 0 Å². The number of hydrogen-bond donors (Lipinski definition) is 3. The molecule has 110 valence electrons. The Morgan fingerprint density at radius 3 is 2.58 bits per heavy atom. The zero-order valence-electron chi connectivity index (χ0n) is 11.7. The van der Waals surface area contributed by atoms with Crippen LogP contribution in [0.2, 0.25) is 0 Å². The molecule has 0 heterocycles. The smallest absolute Gasteiger partial charge is 0.328 e. The molecule has 2 unspecified atom stereocenters. The van der Waals surface area contributed by atoms with E-state index in [0.717, 1.165) is 0 Å². The summed E-state index contributed by atoms with van der Waals surface area (Å²) >= 11 is 0. The van der Waals surface area contributed by atoms with E-state index < -0.39 is 18.0 Å². The molecule has 0 bridgehead atoms. The van der Waals surface area contributed by atoms with Crippen molar-refractivity contribution in [2.24, 2.45) is 0 Å². The van der Waals surface area contributed by atoms with Crippen molar-refractivity contribution in [2.45, 2.75) is 37.9 Å². The lowest BCUT2D eigenvalue weighted by Crippen LogP contribution is -2.50. The molecule has 0 radical (unpaired) electrons. The first-order valence-electron chi connectivity index (χ1n) is 6.43. The van der Waals surface area contributed by atoms with Crippen molar-refractivity contribution >= 4 is 12.0 Å². The average molecular weight is 273 g/mol. The topological polar surface area (TPSA) is 90.9 Å². The van der Waals surface area contributed by atoms with Crippen LogP contribution in [-0.2, 0) is 9.53 Å². The molecule has 1 fully saturated rings. The quantitative estimate of drug-likeness (QED) is 0.573. The Kier molecular flexibility index (Phi) is 6.04. The van der Waals surface area contributed by atoms with Crippen LogP contribution in [0.15, 0.2) is 0 Å². The van der Waals surface area contributed by atoms with Crippen LogP contribution >= 0.6 is 0 Å². The highest BCUT2D eigenvalue weighted by Gasteiger charge is 2.29. The van der Waals surface area contributed by atoms with E-state index in [-0.39, 0.29) is 12.6 Å². The standard InChI is InChI=1S/C12H23N3O4/c1-8(15(2)9-4-5-9)6-13-12(18)14-10(7-19-3)11(16)17/h8-10H,4-7H2,1-3H3,(H,16,17)(H2,13,14,18). The number of methoxy groups -OCH3 is 1. The first kappa shape index (κ1) is 15.7. The minimum atomic E-state index is -1.11. The van der Waals surface area contributed by atoms with E-state index in [4.69, 9.17) is 9.84 Å². The van der Waals surface area contributed by atoms with Gasteiger partial charge in [0.2, 0.25) is 0 Å². The van der Waals surface area contributed by atoms with Gasteiger partial charge in [-0.1, -0.05) is 0 Å². The summed E-state index contributed by atoms with van der Waals surface area (Å²) in [6, 6.07) is -0.661. The molecule has 0 aromatic carbocycles. The van der Waals surface area contributed by atoms with Crippen molar-refractivity contribution in [3.05, 3.63) is 0 Å². The van der Waals surface area contributed by atoms with Crippen molar-refractivity contribution in [3.8, 4) is 0 Å². The van der Waals surface area contributed by atoms with E-state index >= 15 is 0 Å². The summed E-state index contributed by atoms with van der Waals surface area (Å²) in [6.07, 6.45) is 2.42. The number of rotatable bonds is 8. The fourth-order valence-corrected chi connectivity index (χ4v) is 1.78. The molecule has 19 heavy (non-hydrogen) atoms. The third-order valence-corrected chi connectivity index (χ3v) is 3.31. The molecule has 0 aromatic rings. The highest BCUT2D eigenvalue weighted by molar-refractivity contribution is 5.82. The van der Waals surface area contributed by atoms with Crippen molar-refractivity contribution < 1.29 is 19.4 Å². The van der Waals surface area contributed by atoms with Crippen LogP contribution in [0.25, 0.3) is 0 Å². The molecule has 3 N–H and O–H groups in total. The van der Waals surface area contributed by atoms with Crippen LogP contribution in [0.5, 0.6) is 0 Å². The minimum absolute atomic E-state index is 0.0553. The van der Waals surface area contributed by atoms with E-state index in [2.05, 4.69) is 15.5 Å². The van der Waals surface area contributed by atoms with Crippen molar-refractivity contribution in [1.82, 2.24) is 15.5 Å². The number of ether oxygens (including phenoxy) is 1. The van der Waals surface area contributed by atoms with Gasteiger partial charge < -0.3 is 20.5 Å². The first-order chi connectivity index (χ1) is 8.95. The number of carbonyl (C=O) groups excluding carboxylic acids is 1. The molecule has 1 aliphatic carbocycles. The van der Waals surface area contributed by atoms with Gasteiger partial charge in [0, 0.05) is 25.7 Å². The van der Waals surface area contributed by atoms with E-state index in [1.54, 1.807) is 0 Å². The highest BCUT2D eigenvalue weighted by atomic mass is 16.5. The number of urea groups is 1. The maximum absolute atomic E-state index is 11.6. The first-order valence-corrected chi connectivity index (χ1v) is 6.43. The highest BCUT2D eigenvalue weighted by Crippen LogP contribution is 2.26. The van der Waals surface area contributed by atoms with Crippen molar-refractivity contribution in [1.29, 1.82) is 0 Å². The van der Waals surface area contributed by atoms with Crippen molar-refractivity contribution in [3.63, 3.8) is 0 Å². The number of carboxylic acid groups (broad SMARTS) is 1. The summed E-state index contributed by atoms with van der Waals surface area (Å²) in [5.74, 6) is -1.11. The Balaban J connectivity index is 2.27. The van der Waals surface area contributed by atoms with Crippen LogP contribution in [0.1, 0.15) is 19.8 Å². The lowest BCUT2D eigenvalue weighted by atomic mass is 10.3. The Morgan fingerprint density at radius 1 is 1.47 bits per heavy atom. The zero-order chi connectivity index (χ0) is 14.4. The van der Waals surface area contributed by atoms with Gasteiger partial charge in [0.25, 0.3) is 0 Å². The third-order valence-electron chi connectivity index (χ3n) is 3.31. The summed E-state index contributed by atoms with van der Waals surface area (Å²) < 4.78 is 4.74. The predicted octanol–water partition coefficient (Wildman–Crippen LogP) is -0.132. The largest absolute Gasteiger partial charge is 0.480 e. The third kappa shape index (κ3) is 5.44. The van der Waals surface area contributed by atoms with Gasteiger partial charge in [0.1, 0.15) is 0 Å². The van der Waals surface area contributed by atoms with Crippen LogP contribution in [-0.4, -0.2) is 67.4 Å². The fourth-order valence-electron chi connectivity index (χ4n) is 1.78. The second kappa shape index (κ2) is 7.30. The van der Waals surface area contributed by atoms with E-state index in [0.29, 0.717) is 12.6 Å². The number of aliphatic carboxylic acids is 1. The number of nitrogens with one attached hydrogen (secondary N) is 2. The average Bonchev–Trinajstić information content (AvgIpc) is 3.18. The summed E-state index contributed by atoms with van der Waals surface area (Å²) in [7, 11) is 3.43.